The summed E-state index contributed by atoms with van der Waals surface area (Å²) in [5.74, 6) is 0. The molecule has 1 aromatic carbocycles. The van der Waals surface area contributed by atoms with Crippen LogP contribution in [0.4, 0.5) is 11.4 Å². The van der Waals surface area contributed by atoms with E-state index in [0.29, 0.717) is 11.3 Å². The van der Waals surface area contributed by atoms with Crippen LogP contribution in [-0.2, 0) is 0 Å². The summed E-state index contributed by atoms with van der Waals surface area (Å²) in [4.78, 5) is 0. The van der Waals surface area contributed by atoms with Gasteiger partial charge >= 0.3 is 0 Å². The first-order chi connectivity index (χ1) is 5.27. The van der Waals surface area contributed by atoms with Crippen LogP contribution in [0.1, 0.15) is 5.56 Å². The summed E-state index contributed by atoms with van der Waals surface area (Å²) in [6.07, 6.45) is 0. The SMILES string of the molecule is CNc1ccc(N)cc1C#N. The number of nitrogens with zero attached hydrogens (tertiary/aromatic N) is 1. The highest BCUT2D eigenvalue weighted by molar-refractivity contribution is 5.62. The zero-order chi connectivity index (χ0) is 8.27. The Hall–Kier alpha value is -1.69. The number of nitrogens with two attached hydrogens (primary N) is 1. The van der Waals surface area contributed by atoms with E-state index in [0.717, 1.165) is 5.69 Å². The summed E-state index contributed by atoms with van der Waals surface area (Å²) in [6.45, 7) is 0. The van der Waals surface area contributed by atoms with Crippen LogP contribution in [-0.4, -0.2) is 7.05 Å². The topological polar surface area (TPSA) is 61.8 Å². The van der Waals surface area contributed by atoms with Gasteiger partial charge in [-0.25, -0.2) is 0 Å². The third-order valence-electron chi connectivity index (χ3n) is 1.43. The molecule has 3 nitrogen and oxygen atoms in total. The van der Waals surface area contributed by atoms with Crippen molar-refractivity contribution in [3.63, 3.8) is 0 Å². The molecule has 0 heterocycles. The van der Waals surface area contributed by atoms with Crippen molar-refractivity contribution in [1.82, 2.24) is 0 Å². The quantitative estimate of drug-likeness (QED) is 0.586. The molecule has 0 fully saturated rings. The van der Waals surface area contributed by atoms with E-state index in [1.807, 2.05) is 6.07 Å². The van der Waals surface area contributed by atoms with Crippen molar-refractivity contribution in [1.29, 1.82) is 5.26 Å². The number of rotatable bonds is 1. The number of benzene rings is 1. The zero-order valence-electron chi connectivity index (χ0n) is 6.26. The molecule has 0 atom stereocenters. The second kappa shape index (κ2) is 2.93. The van der Waals surface area contributed by atoms with Gasteiger partial charge in [0, 0.05) is 12.7 Å². The third kappa shape index (κ3) is 1.41. The lowest BCUT2D eigenvalue weighted by Crippen LogP contribution is -1.93. The molecule has 3 N–H and O–H groups in total. The van der Waals surface area contributed by atoms with Crippen molar-refractivity contribution in [2.75, 3.05) is 18.1 Å². The Morgan fingerprint density at radius 1 is 1.55 bits per heavy atom. The van der Waals surface area contributed by atoms with Crippen LogP contribution in [0, 0.1) is 11.3 Å². The summed E-state index contributed by atoms with van der Waals surface area (Å²) in [5.41, 5.74) is 7.47. The smallest absolute Gasteiger partial charge is 0.101 e. The molecule has 11 heavy (non-hydrogen) atoms. The first-order valence-corrected chi connectivity index (χ1v) is 3.25. The van der Waals surface area contributed by atoms with Crippen molar-refractivity contribution in [2.45, 2.75) is 0 Å². The van der Waals surface area contributed by atoms with E-state index in [2.05, 4.69) is 5.32 Å². The van der Waals surface area contributed by atoms with Crippen LogP contribution < -0.4 is 11.1 Å². The Bertz CT molecular complexity index is 299. The van der Waals surface area contributed by atoms with Crippen LogP contribution in [0.25, 0.3) is 0 Å². The molecule has 0 spiro atoms. The predicted molar refractivity (Wildman–Crippen MR) is 45.1 cm³/mol. The van der Waals surface area contributed by atoms with Gasteiger partial charge in [-0.3, -0.25) is 0 Å². The van der Waals surface area contributed by atoms with Crippen LogP contribution in [0.5, 0.6) is 0 Å². The van der Waals surface area contributed by atoms with Gasteiger partial charge in [-0.15, -0.1) is 0 Å². The minimum Gasteiger partial charge on any atom is -0.399 e. The van der Waals surface area contributed by atoms with Crippen molar-refractivity contribution in [3.05, 3.63) is 23.8 Å². The normalized spacial score (nSPS) is 8.73. The number of hydrogen-bond donors (Lipinski definition) is 2. The number of nitriles is 1. The number of nitrogens with one attached hydrogen (secondary N) is 1. The van der Waals surface area contributed by atoms with Gasteiger partial charge in [0.25, 0.3) is 0 Å². The van der Waals surface area contributed by atoms with Gasteiger partial charge in [0.05, 0.1) is 11.3 Å². The van der Waals surface area contributed by atoms with E-state index in [1.54, 1.807) is 25.2 Å². The van der Waals surface area contributed by atoms with Gasteiger partial charge in [0.15, 0.2) is 0 Å². The second-order valence-electron chi connectivity index (χ2n) is 2.17. The van der Waals surface area contributed by atoms with E-state index in [1.165, 1.54) is 0 Å². The van der Waals surface area contributed by atoms with E-state index in [4.69, 9.17) is 11.0 Å². The average Bonchev–Trinajstić information content (AvgIpc) is 2.04. The van der Waals surface area contributed by atoms with Crippen molar-refractivity contribution >= 4 is 11.4 Å². The van der Waals surface area contributed by atoms with Gasteiger partial charge in [0.2, 0.25) is 0 Å². The summed E-state index contributed by atoms with van der Waals surface area (Å²) < 4.78 is 0. The van der Waals surface area contributed by atoms with Crippen LogP contribution >= 0.6 is 0 Å². The summed E-state index contributed by atoms with van der Waals surface area (Å²) in [6, 6.07) is 7.23. The molecule has 0 saturated carbocycles. The first kappa shape index (κ1) is 7.42. The van der Waals surface area contributed by atoms with Gasteiger partial charge in [-0.1, -0.05) is 0 Å². The summed E-state index contributed by atoms with van der Waals surface area (Å²) >= 11 is 0. The van der Waals surface area contributed by atoms with Crippen molar-refractivity contribution in [3.8, 4) is 6.07 Å². The molecule has 0 unspecified atom stereocenters. The first-order valence-electron chi connectivity index (χ1n) is 3.25. The Morgan fingerprint density at radius 3 is 2.82 bits per heavy atom. The number of anilines is 2. The van der Waals surface area contributed by atoms with E-state index >= 15 is 0 Å². The van der Waals surface area contributed by atoms with Crippen LogP contribution in [0.3, 0.4) is 0 Å². The fourth-order valence-electron chi connectivity index (χ4n) is 0.872. The van der Waals surface area contributed by atoms with Crippen molar-refractivity contribution < 1.29 is 0 Å². The Kier molecular flexibility index (Phi) is 1.98. The molecule has 0 aliphatic carbocycles. The Morgan fingerprint density at radius 2 is 2.27 bits per heavy atom. The molecule has 0 aromatic heterocycles. The molecule has 0 saturated heterocycles. The molecule has 0 bridgehead atoms. The minimum absolute atomic E-state index is 0.576. The predicted octanol–water partition coefficient (Wildman–Crippen LogP) is 1.18. The van der Waals surface area contributed by atoms with Crippen LogP contribution in [0.2, 0.25) is 0 Å². The summed E-state index contributed by atoms with van der Waals surface area (Å²) in [7, 11) is 1.77. The maximum Gasteiger partial charge on any atom is 0.101 e. The molecule has 0 radical (unpaired) electrons. The van der Waals surface area contributed by atoms with E-state index in [-0.39, 0.29) is 0 Å². The second-order valence-corrected chi connectivity index (χ2v) is 2.17. The number of hydrogen-bond acceptors (Lipinski definition) is 3. The average molecular weight is 147 g/mol. The standard InChI is InChI=1S/C8H9N3/c1-11-8-3-2-7(10)4-6(8)5-9/h2-4,11H,10H2,1H3. The van der Waals surface area contributed by atoms with Gasteiger partial charge < -0.3 is 11.1 Å². The van der Waals surface area contributed by atoms with E-state index in [9.17, 15) is 0 Å². The van der Waals surface area contributed by atoms with E-state index < -0.39 is 0 Å². The fraction of sp³-hybridized carbons (Fsp3) is 0.125. The fourth-order valence-corrected chi connectivity index (χ4v) is 0.872. The lowest BCUT2D eigenvalue weighted by Gasteiger charge is -2.02. The largest absolute Gasteiger partial charge is 0.399 e. The molecular weight excluding hydrogens is 138 g/mol. The Labute approximate surface area is 65.4 Å². The Balaban J connectivity index is 3.19. The third-order valence-corrected chi connectivity index (χ3v) is 1.43. The highest BCUT2D eigenvalue weighted by Gasteiger charge is 1.98. The monoisotopic (exact) mass is 147 g/mol. The summed E-state index contributed by atoms with van der Waals surface area (Å²) in [5, 5.41) is 11.5. The molecule has 1 rings (SSSR count). The molecular formula is C8H9N3. The highest BCUT2D eigenvalue weighted by Crippen LogP contribution is 2.16. The molecule has 0 aliphatic heterocycles. The molecule has 0 aliphatic rings. The lowest BCUT2D eigenvalue weighted by molar-refractivity contribution is 1.44. The van der Waals surface area contributed by atoms with Crippen molar-refractivity contribution in [2.24, 2.45) is 0 Å². The maximum atomic E-state index is 8.63. The van der Waals surface area contributed by atoms with Crippen LogP contribution in [0.15, 0.2) is 18.2 Å². The molecule has 56 valence electrons. The molecule has 3 heteroatoms. The number of nitrogen functional groups attached to an aromatic ring is 1. The maximum absolute atomic E-state index is 8.63. The molecule has 1 aromatic rings. The van der Waals surface area contributed by atoms with Gasteiger partial charge in [0.1, 0.15) is 6.07 Å². The molecule has 0 amide bonds. The lowest BCUT2D eigenvalue weighted by atomic mass is 10.2. The minimum atomic E-state index is 0.576. The van der Waals surface area contributed by atoms with Gasteiger partial charge in [-0.2, -0.15) is 5.26 Å². The zero-order valence-corrected chi connectivity index (χ0v) is 6.26. The highest BCUT2D eigenvalue weighted by atomic mass is 14.8. The van der Waals surface area contributed by atoms with Gasteiger partial charge in [-0.05, 0) is 18.2 Å².